The Morgan fingerprint density at radius 2 is 2.17 bits per heavy atom. The van der Waals surface area contributed by atoms with Gasteiger partial charge in [-0.3, -0.25) is 4.79 Å². The summed E-state index contributed by atoms with van der Waals surface area (Å²) in [6.45, 7) is 2.78. The fourth-order valence-electron chi connectivity index (χ4n) is 2.42. The topological polar surface area (TPSA) is 42.0 Å². The van der Waals surface area contributed by atoms with Crippen molar-refractivity contribution < 1.29 is 4.79 Å². The molecule has 3 nitrogen and oxygen atoms in total. The highest BCUT2D eigenvalue weighted by Crippen LogP contribution is 2.23. The van der Waals surface area contributed by atoms with E-state index in [0.717, 1.165) is 18.7 Å². The first kappa shape index (κ1) is 13.3. The van der Waals surface area contributed by atoms with Gasteiger partial charge in [0.15, 0.2) is 0 Å². The Morgan fingerprint density at radius 3 is 2.83 bits per heavy atom. The summed E-state index contributed by atoms with van der Waals surface area (Å²) in [4.78, 5) is 16.2. The van der Waals surface area contributed by atoms with E-state index in [9.17, 15) is 4.79 Å². The zero-order chi connectivity index (χ0) is 13.0. The van der Waals surface area contributed by atoms with Gasteiger partial charge in [-0.05, 0) is 37.3 Å². The maximum Gasteiger partial charge on any atom is 0.251 e. The van der Waals surface area contributed by atoms with Crippen LogP contribution in [-0.2, 0) is 6.42 Å². The Balaban J connectivity index is 1.97. The quantitative estimate of drug-likeness (QED) is 0.851. The first-order valence-corrected chi connectivity index (χ1v) is 7.01. The van der Waals surface area contributed by atoms with Gasteiger partial charge < -0.3 is 5.32 Å². The van der Waals surface area contributed by atoms with E-state index in [1.807, 2.05) is 13.0 Å². The maximum atomic E-state index is 12.0. The van der Waals surface area contributed by atoms with Crippen molar-refractivity contribution in [2.24, 2.45) is 5.92 Å². The number of hydrogen-bond acceptors (Lipinski definition) is 2. The second kappa shape index (κ2) is 6.19. The predicted octanol–water partition coefficient (Wildman–Crippen LogP) is 3.22. The molecule has 0 atom stereocenters. The molecule has 18 heavy (non-hydrogen) atoms. The molecular weight excluding hydrogens is 248 g/mol. The molecule has 0 spiro atoms. The second-order valence-corrected chi connectivity index (χ2v) is 5.27. The van der Waals surface area contributed by atoms with Crippen LogP contribution in [0.2, 0.25) is 5.15 Å². The van der Waals surface area contributed by atoms with Crippen LogP contribution in [0.1, 0.15) is 48.7 Å². The fourth-order valence-corrected chi connectivity index (χ4v) is 2.64. The number of nitrogens with one attached hydrogen (secondary N) is 1. The summed E-state index contributed by atoms with van der Waals surface area (Å²) in [6, 6.07) is 3.44. The minimum absolute atomic E-state index is 0.0408. The Hall–Kier alpha value is -1.09. The molecule has 0 saturated heterocycles. The lowest BCUT2D eigenvalue weighted by Gasteiger charge is -2.11. The van der Waals surface area contributed by atoms with E-state index in [0.29, 0.717) is 16.6 Å². The van der Waals surface area contributed by atoms with E-state index in [2.05, 4.69) is 10.3 Å². The average Bonchev–Trinajstić information content (AvgIpc) is 2.88. The van der Waals surface area contributed by atoms with E-state index < -0.39 is 0 Å². The lowest BCUT2D eigenvalue weighted by molar-refractivity contribution is 0.0947. The Morgan fingerprint density at radius 1 is 1.44 bits per heavy atom. The highest BCUT2D eigenvalue weighted by Gasteiger charge is 2.16. The number of carbonyl (C=O) groups excluding carboxylic acids is 1. The van der Waals surface area contributed by atoms with Crippen molar-refractivity contribution in [2.45, 2.75) is 39.0 Å². The van der Waals surface area contributed by atoms with Crippen LogP contribution in [0.15, 0.2) is 12.1 Å². The van der Waals surface area contributed by atoms with Gasteiger partial charge in [-0.25, -0.2) is 4.98 Å². The monoisotopic (exact) mass is 266 g/mol. The third-order valence-electron chi connectivity index (χ3n) is 3.50. The number of pyridine rings is 1. The van der Waals surface area contributed by atoms with E-state index in [-0.39, 0.29) is 5.91 Å². The smallest absolute Gasteiger partial charge is 0.251 e. The molecule has 0 bridgehead atoms. The molecule has 1 heterocycles. The molecular formula is C14H19ClN2O. The van der Waals surface area contributed by atoms with E-state index in [1.165, 1.54) is 25.7 Å². The third kappa shape index (κ3) is 3.45. The van der Waals surface area contributed by atoms with Gasteiger partial charge in [0, 0.05) is 17.8 Å². The number of nitrogens with zero attached hydrogens (tertiary/aromatic N) is 1. The number of carbonyl (C=O) groups is 1. The summed E-state index contributed by atoms with van der Waals surface area (Å²) < 4.78 is 0. The van der Waals surface area contributed by atoms with Gasteiger partial charge in [0.05, 0.1) is 0 Å². The largest absolute Gasteiger partial charge is 0.352 e. The summed E-state index contributed by atoms with van der Waals surface area (Å²) in [5.74, 6) is 0.609. The van der Waals surface area contributed by atoms with Crippen molar-refractivity contribution in [1.29, 1.82) is 0 Å². The number of aromatic nitrogens is 1. The number of halogens is 1. The van der Waals surface area contributed by atoms with Crippen LogP contribution < -0.4 is 5.32 Å². The molecule has 0 unspecified atom stereocenters. The zero-order valence-corrected chi connectivity index (χ0v) is 11.5. The first-order valence-electron chi connectivity index (χ1n) is 6.63. The van der Waals surface area contributed by atoms with Crippen LogP contribution >= 0.6 is 11.6 Å². The summed E-state index contributed by atoms with van der Waals surface area (Å²) in [5, 5.41) is 3.38. The average molecular weight is 267 g/mol. The minimum Gasteiger partial charge on any atom is -0.352 e. The van der Waals surface area contributed by atoms with E-state index in [4.69, 9.17) is 11.6 Å². The molecule has 1 aromatic heterocycles. The number of rotatable bonds is 4. The summed E-state index contributed by atoms with van der Waals surface area (Å²) >= 11 is 5.91. The SMILES string of the molecule is CCc1cc(C(=O)NCC2CCCC2)cc(Cl)n1. The Labute approximate surface area is 113 Å². The van der Waals surface area contributed by atoms with Crippen molar-refractivity contribution in [3.63, 3.8) is 0 Å². The lowest BCUT2D eigenvalue weighted by Crippen LogP contribution is -2.28. The predicted molar refractivity (Wildman–Crippen MR) is 72.9 cm³/mol. The van der Waals surface area contributed by atoms with E-state index >= 15 is 0 Å². The molecule has 2 rings (SSSR count). The zero-order valence-electron chi connectivity index (χ0n) is 10.7. The normalized spacial score (nSPS) is 15.9. The molecule has 1 N–H and O–H groups in total. The molecule has 1 amide bonds. The van der Waals surface area contributed by atoms with Gasteiger partial charge >= 0.3 is 0 Å². The van der Waals surface area contributed by atoms with Crippen LogP contribution in [0.3, 0.4) is 0 Å². The molecule has 1 aliphatic rings. The van der Waals surface area contributed by atoms with Crippen molar-refractivity contribution in [1.82, 2.24) is 10.3 Å². The standard InChI is InChI=1S/C14H19ClN2O/c1-2-12-7-11(8-13(15)17-12)14(18)16-9-10-5-3-4-6-10/h7-8,10H,2-6,9H2,1H3,(H,16,18). The maximum absolute atomic E-state index is 12.0. The highest BCUT2D eigenvalue weighted by molar-refractivity contribution is 6.29. The highest BCUT2D eigenvalue weighted by atomic mass is 35.5. The molecule has 0 aliphatic heterocycles. The van der Waals surface area contributed by atoms with Crippen molar-refractivity contribution in [3.8, 4) is 0 Å². The van der Waals surface area contributed by atoms with Gasteiger partial charge in [0.1, 0.15) is 5.15 Å². The fraction of sp³-hybridized carbons (Fsp3) is 0.571. The van der Waals surface area contributed by atoms with Gasteiger partial charge in [-0.2, -0.15) is 0 Å². The molecule has 4 heteroatoms. The van der Waals surface area contributed by atoms with E-state index in [1.54, 1.807) is 6.07 Å². The third-order valence-corrected chi connectivity index (χ3v) is 3.69. The van der Waals surface area contributed by atoms with Crippen molar-refractivity contribution >= 4 is 17.5 Å². The van der Waals surface area contributed by atoms with Crippen molar-refractivity contribution in [2.75, 3.05) is 6.54 Å². The van der Waals surface area contributed by atoms with Crippen LogP contribution in [0.4, 0.5) is 0 Å². The number of aryl methyl sites for hydroxylation is 1. The van der Waals surface area contributed by atoms with Gasteiger partial charge in [-0.1, -0.05) is 31.4 Å². The number of amides is 1. The van der Waals surface area contributed by atoms with Gasteiger partial charge in [0.25, 0.3) is 5.91 Å². The molecule has 0 aromatic carbocycles. The summed E-state index contributed by atoms with van der Waals surface area (Å²) in [7, 11) is 0. The lowest BCUT2D eigenvalue weighted by atomic mass is 10.1. The Kier molecular flexibility index (Phi) is 4.59. The second-order valence-electron chi connectivity index (χ2n) is 4.88. The van der Waals surface area contributed by atoms with Crippen LogP contribution in [0.25, 0.3) is 0 Å². The first-order chi connectivity index (χ1) is 8.69. The van der Waals surface area contributed by atoms with Gasteiger partial charge in [0.2, 0.25) is 0 Å². The molecule has 1 aliphatic carbocycles. The minimum atomic E-state index is -0.0408. The summed E-state index contributed by atoms with van der Waals surface area (Å²) in [6.07, 6.45) is 5.84. The molecule has 0 radical (unpaired) electrons. The van der Waals surface area contributed by atoms with Crippen LogP contribution in [-0.4, -0.2) is 17.4 Å². The van der Waals surface area contributed by atoms with Crippen LogP contribution in [0, 0.1) is 5.92 Å². The molecule has 98 valence electrons. The Bertz CT molecular complexity index is 428. The summed E-state index contributed by atoms with van der Waals surface area (Å²) in [5.41, 5.74) is 1.47. The van der Waals surface area contributed by atoms with Crippen LogP contribution in [0.5, 0.6) is 0 Å². The number of hydrogen-bond donors (Lipinski definition) is 1. The molecule has 1 saturated carbocycles. The van der Waals surface area contributed by atoms with Crippen molar-refractivity contribution in [3.05, 3.63) is 28.5 Å². The molecule has 1 aromatic rings. The molecule has 1 fully saturated rings. The van der Waals surface area contributed by atoms with Gasteiger partial charge in [-0.15, -0.1) is 0 Å².